The van der Waals surface area contributed by atoms with Crippen LogP contribution in [0.3, 0.4) is 0 Å². The van der Waals surface area contributed by atoms with E-state index in [1.165, 1.54) is 18.3 Å². The van der Waals surface area contributed by atoms with Gasteiger partial charge >= 0.3 is 0 Å². The Balaban J connectivity index is 2.45. The van der Waals surface area contributed by atoms with Crippen molar-refractivity contribution in [2.24, 2.45) is 0 Å². The van der Waals surface area contributed by atoms with E-state index in [1.807, 2.05) is 0 Å². The number of benzene rings is 1. The Bertz CT molecular complexity index is 779. The molecule has 8 heteroatoms. The van der Waals surface area contributed by atoms with E-state index < -0.39 is 10.0 Å². The zero-order chi connectivity index (χ0) is 15.6. The number of aryl methyl sites for hydroxylation is 1. The highest BCUT2D eigenvalue weighted by atomic mass is 35.5. The van der Waals surface area contributed by atoms with Gasteiger partial charge in [0.05, 0.1) is 20.6 Å². The molecule has 0 saturated carbocycles. The third kappa shape index (κ3) is 3.40. The zero-order valence-electron chi connectivity index (χ0n) is 11.3. The third-order valence-corrected chi connectivity index (χ3v) is 4.97. The highest BCUT2D eigenvalue weighted by Gasteiger charge is 2.19. The van der Waals surface area contributed by atoms with Crippen molar-refractivity contribution in [1.82, 2.24) is 4.98 Å². The van der Waals surface area contributed by atoms with Crippen molar-refractivity contribution in [2.45, 2.75) is 11.8 Å². The van der Waals surface area contributed by atoms with E-state index in [1.54, 1.807) is 26.1 Å². The monoisotopic (exact) mass is 345 g/mol. The number of pyridine rings is 1. The van der Waals surface area contributed by atoms with Gasteiger partial charge in [0, 0.05) is 19.3 Å². The van der Waals surface area contributed by atoms with Crippen LogP contribution in [-0.4, -0.2) is 20.4 Å². The summed E-state index contributed by atoms with van der Waals surface area (Å²) in [5.41, 5.74) is 0.894. The summed E-state index contributed by atoms with van der Waals surface area (Å²) in [7, 11) is -2.15. The van der Waals surface area contributed by atoms with Gasteiger partial charge in [0.25, 0.3) is 10.0 Å². The van der Waals surface area contributed by atoms with E-state index in [2.05, 4.69) is 15.0 Å². The van der Waals surface area contributed by atoms with Crippen LogP contribution < -0.4 is 10.0 Å². The van der Waals surface area contributed by atoms with Gasteiger partial charge in [-0.2, -0.15) is 0 Å². The van der Waals surface area contributed by atoms with Crippen molar-refractivity contribution >= 4 is 44.7 Å². The number of rotatable bonds is 4. The van der Waals surface area contributed by atoms with Crippen LogP contribution in [0.2, 0.25) is 10.0 Å². The smallest absolute Gasteiger partial charge is 0.262 e. The number of aromatic nitrogens is 1. The lowest BCUT2D eigenvalue weighted by Crippen LogP contribution is -2.14. The molecule has 0 spiro atoms. The molecule has 2 aromatic rings. The molecule has 0 radical (unpaired) electrons. The van der Waals surface area contributed by atoms with Gasteiger partial charge in [-0.05, 0) is 24.6 Å². The van der Waals surface area contributed by atoms with Crippen LogP contribution in [0.5, 0.6) is 0 Å². The van der Waals surface area contributed by atoms with Crippen molar-refractivity contribution in [3.8, 4) is 0 Å². The Morgan fingerprint density at radius 1 is 1.19 bits per heavy atom. The van der Waals surface area contributed by atoms with Crippen LogP contribution in [0.1, 0.15) is 5.56 Å². The fourth-order valence-corrected chi connectivity index (χ4v) is 3.34. The second-order valence-corrected chi connectivity index (χ2v) is 6.75. The summed E-state index contributed by atoms with van der Waals surface area (Å²) in [5.74, 6) is 0.444. The number of anilines is 2. The quantitative estimate of drug-likeness (QED) is 0.888. The van der Waals surface area contributed by atoms with Crippen LogP contribution >= 0.6 is 23.2 Å². The average molecular weight is 346 g/mol. The standard InChI is InChI=1S/C13H13Cl2N3O2S/c1-8-3-4-10(14)13(12(8)15)18-21(19,20)9-5-6-17-11(7-9)16-2/h3-7,18H,1-2H3,(H,16,17). The van der Waals surface area contributed by atoms with Gasteiger partial charge in [0.1, 0.15) is 5.82 Å². The molecule has 0 fully saturated rings. The molecular weight excluding hydrogens is 333 g/mol. The van der Waals surface area contributed by atoms with E-state index in [4.69, 9.17) is 23.2 Å². The molecule has 0 aliphatic rings. The fourth-order valence-electron chi connectivity index (χ4n) is 1.66. The van der Waals surface area contributed by atoms with Crippen LogP contribution in [-0.2, 0) is 10.0 Å². The molecule has 0 saturated heterocycles. The lowest BCUT2D eigenvalue weighted by molar-refractivity contribution is 0.601. The Labute approximate surface area is 133 Å². The number of sulfonamides is 1. The summed E-state index contributed by atoms with van der Waals surface area (Å²) < 4.78 is 27.2. The number of halogens is 2. The molecule has 0 unspecified atom stereocenters. The molecule has 112 valence electrons. The SMILES string of the molecule is CNc1cc(S(=O)(=O)Nc2c(Cl)ccc(C)c2Cl)ccn1. The van der Waals surface area contributed by atoms with Gasteiger partial charge in [-0.3, -0.25) is 4.72 Å². The first-order valence-electron chi connectivity index (χ1n) is 5.96. The van der Waals surface area contributed by atoms with Crippen molar-refractivity contribution in [2.75, 3.05) is 17.1 Å². The molecule has 21 heavy (non-hydrogen) atoms. The first-order valence-corrected chi connectivity index (χ1v) is 8.20. The summed E-state index contributed by atoms with van der Waals surface area (Å²) in [5, 5.41) is 3.29. The predicted molar refractivity (Wildman–Crippen MR) is 85.8 cm³/mol. The minimum Gasteiger partial charge on any atom is -0.373 e. The molecule has 0 bridgehead atoms. The molecule has 2 N–H and O–H groups in total. The first kappa shape index (κ1) is 15.9. The molecule has 0 aliphatic heterocycles. The highest BCUT2D eigenvalue weighted by molar-refractivity contribution is 7.92. The Morgan fingerprint density at radius 2 is 1.90 bits per heavy atom. The van der Waals surface area contributed by atoms with Gasteiger partial charge in [0.15, 0.2) is 0 Å². The maximum absolute atomic E-state index is 12.4. The first-order chi connectivity index (χ1) is 9.85. The molecule has 1 heterocycles. The molecule has 0 aliphatic carbocycles. The molecule has 0 amide bonds. The van der Waals surface area contributed by atoms with Crippen molar-refractivity contribution in [3.05, 3.63) is 46.1 Å². The van der Waals surface area contributed by atoms with Gasteiger partial charge < -0.3 is 5.32 Å². The predicted octanol–water partition coefficient (Wildman–Crippen LogP) is 3.54. The zero-order valence-corrected chi connectivity index (χ0v) is 13.6. The Hall–Kier alpha value is -1.50. The average Bonchev–Trinajstić information content (AvgIpc) is 2.48. The molecule has 0 atom stereocenters. The maximum Gasteiger partial charge on any atom is 0.262 e. The van der Waals surface area contributed by atoms with Gasteiger partial charge in [-0.1, -0.05) is 29.3 Å². The fraction of sp³-hybridized carbons (Fsp3) is 0.154. The molecule has 2 rings (SSSR count). The molecule has 1 aromatic carbocycles. The summed E-state index contributed by atoms with van der Waals surface area (Å²) in [6, 6.07) is 6.11. The second-order valence-electron chi connectivity index (χ2n) is 4.29. The van der Waals surface area contributed by atoms with Crippen LogP contribution in [0, 0.1) is 6.92 Å². The lowest BCUT2D eigenvalue weighted by atomic mass is 10.2. The van der Waals surface area contributed by atoms with Crippen molar-refractivity contribution in [3.63, 3.8) is 0 Å². The Kier molecular flexibility index (Phi) is 4.61. The van der Waals surface area contributed by atoms with Crippen LogP contribution in [0.4, 0.5) is 11.5 Å². The summed E-state index contributed by atoms with van der Waals surface area (Å²) in [6.07, 6.45) is 1.40. The largest absolute Gasteiger partial charge is 0.373 e. The van der Waals surface area contributed by atoms with Crippen LogP contribution in [0.15, 0.2) is 35.4 Å². The van der Waals surface area contributed by atoms with Gasteiger partial charge in [0.2, 0.25) is 0 Å². The van der Waals surface area contributed by atoms with E-state index >= 15 is 0 Å². The van der Waals surface area contributed by atoms with E-state index in [9.17, 15) is 8.42 Å². The minimum absolute atomic E-state index is 0.0653. The van der Waals surface area contributed by atoms with Gasteiger partial charge in [-0.25, -0.2) is 13.4 Å². The van der Waals surface area contributed by atoms with Crippen molar-refractivity contribution in [1.29, 1.82) is 0 Å². The Morgan fingerprint density at radius 3 is 2.57 bits per heavy atom. The number of hydrogen-bond donors (Lipinski definition) is 2. The molecule has 1 aromatic heterocycles. The van der Waals surface area contributed by atoms with E-state index in [-0.39, 0.29) is 20.6 Å². The molecule has 5 nitrogen and oxygen atoms in total. The maximum atomic E-state index is 12.4. The normalized spacial score (nSPS) is 11.2. The number of nitrogens with one attached hydrogen (secondary N) is 2. The van der Waals surface area contributed by atoms with E-state index in [0.29, 0.717) is 5.82 Å². The highest BCUT2D eigenvalue weighted by Crippen LogP contribution is 2.34. The summed E-state index contributed by atoms with van der Waals surface area (Å²) in [4.78, 5) is 4.04. The molecular formula is C13H13Cl2N3O2S. The third-order valence-electron chi connectivity index (χ3n) is 2.82. The van der Waals surface area contributed by atoms with E-state index in [0.717, 1.165) is 5.56 Å². The lowest BCUT2D eigenvalue weighted by Gasteiger charge is -2.13. The number of nitrogens with zero attached hydrogens (tertiary/aromatic N) is 1. The second kappa shape index (κ2) is 6.09. The topological polar surface area (TPSA) is 71.1 Å². The van der Waals surface area contributed by atoms with Gasteiger partial charge in [-0.15, -0.1) is 0 Å². The van der Waals surface area contributed by atoms with Crippen molar-refractivity contribution < 1.29 is 8.42 Å². The summed E-state index contributed by atoms with van der Waals surface area (Å²) >= 11 is 12.1. The van der Waals surface area contributed by atoms with Crippen LogP contribution in [0.25, 0.3) is 0 Å². The summed E-state index contributed by atoms with van der Waals surface area (Å²) in [6.45, 7) is 1.77. The minimum atomic E-state index is -3.81. The number of hydrogen-bond acceptors (Lipinski definition) is 4.